The maximum absolute atomic E-state index is 12.9. The van der Waals surface area contributed by atoms with Gasteiger partial charge in [-0.1, -0.05) is 18.4 Å². The zero-order valence-electron chi connectivity index (χ0n) is 17.6. The largest absolute Gasteiger partial charge is 0.468 e. The van der Waals surface area contributed by atoms with Crippen molar-refractivity contribution in [3.63, 3.8) is 0 Å². The minimum absolute atomic E-state index is 0.0204. The molecule has 0 bridgehead atoms. The number of nitrogens with zero attached hydrogens (tertiary/aromatic N) is 5. The van der Waals surface area contributed by atoms with E-state index in [2.05, 4.69) is 33.4 Å². The third-order valence-electron chi connectivity index (χ3n) is 5.65. The van der Waals surface area contributed by atoms with Gasteiger partial charge in [-0.05, 0) is 30.7 Å². The van der Waals surface area contributed by atoms with Crippen molar-refractivity contribution in [1.29, 1.82) is 0 Å². The number of carbonyl (C=O) groups excluding carboxylic acids is 1. The molecule has 8 nitrogen and oxygen atoms in total. The van der Waals surface area contributed by atoms with Crippen LogP contribution in [0.3, 0.4) is 0 Å². The molecule has 34 heavy (non-hydrogen) atoms. The predicted molar refractivity (Wildman–Crippen MR) is 117 cm³/mol. The number of aromatic nitrogens is 4. The van der Waals surface area contributed by atoms with Gasteiger partial charge in [0, 0.05) is 24.8 Å². The summed E-state index contributed by atoms with van der Waals surface area (Å²) in [5, 5.41) is 0.574. The van der Waals surface area contributed by atoms with Crippen molar-refractivity contribution in [3.05, 3.63) is 60.4 Å². The van der Waals surface area contributed by atoms with Crippen LogP contribution in [0.1, 0.15) is 29.5 Å². The molecule has 1 saturated heterocycles. The van der Waals surface area contributed by atoms with Crippen LogP contribution in [0.2, 0.25) is 0 Å². The molecule has 2 N–H and O–H groups in total. The van der Waals surface area contributed by atoms with Gasteiger partial charge in [0.05, 0.1) is 17.0 Å². The summed E-state index contributed by atoms with van der Waals surface area (Å²) in [5.74, 6) is 4.79. The van der Waals surface area contributed by atoms with Gasteiger partial charge in [-0.15, -0.1) is 0 Å². The number of anilines is 1. The number of amides is 1. The number of halogens is 3. The lowest BCUT2D eigenvalue weighted by Crippen LogP contribution is -2.27. The van der Waals surface area contributed by atoms with E-state index in [0.717, 1.165) is 6.42 Å². The van der Waals surface area contributed by atoms with E-state index in [1.54, 1.807) is 11.0 Å². The highest BCUT2D eigenvalue weighted by molar-refractivity contribution is 5.92. The molecule has 172 valence electrons. The second-order valence-electron chi connectivity index (χ2n) is 7.79. The molecule has 0 spiro atoms. The van der Waals surface area contributed by atoms with Gasteiger partial charge in [0.25, 0.3) is 0 Å². The van der Waals surface area contributed by atoms with Crippen LogP contribution in [0, 0.1) is 11.8 Å². The molecule has 0 saturated carbocycles. The Morgan fingerprint density at radius 2 is 2.12 bits per heavy atom. The summed E-state index contributed by atoms with van der Waals surface area (Å²) in [6, 6.07) is 4.35. The number of likely N-dealkylation sites (tertiary alicyclic amines) is 1. The van der Waals surface area contributed by atoms with E-state index in [9.17, 15) is 18.0 Å². The minimum Gasteiger partial charge on any atom is -0.433 e. The van der Waals surface area contributed by atoms with Crippen LogP contribution in [0.25, 0.3) is 22.1 Å². The van der Waals surface area contributed by atoms with Crippen molar-refractivity contribution in [2.24, 2.45) is 0 Å². The van der Waals surface area contributed by atoms with Crippen molar-refractivity contribution < 1.29 is 22.4 Å². The zero-order valence-corrected chi connectivity index (χ0v) is 17.6. The number of benzene rings is 1. The summed E-state index contributed by atoms with van der Waals surface area (Å²) in [7, 11) is 0. The lowest BCUT2D eigenvalue weighted by atomic mass is 10.2. The maximum Gasteiger partial charge on any atom is 0.468 e. The minimum atomic E-state index is -4.67. The van der Waals surface area contributed by atoms with Crippen molar-refractivity contribution in [3.8, 4) is 11.8 Å². The molecule has 1 aromatic carbocycles. The van der Waals surface area contributed by atoms with Crippen molar-refractivity contribution in [1.82, 2.24) is 24.4 Å². The number of fused-ring (bicyclic) bond motifs is 2. The third kappa shape index (κ3) is 3.73. The highest BCUT2D eigenvalue weighted by Crippen LogP contribution is 2.32. The van der Waals surface area contributed by atoms with E-state index in [-0.39, 0.29) is 28.9 Å². The fourth-order valence-corrected chi connectivity index (χ4v) is 4.05. The Morgan fingerprint density at radius 1 is 1.29 bits per heavy atom. The molecule has 1 amide bonds. The number of alkyl halides is 3. The molecule has 4 heterocycles. The normalized spacial score (nSPS) is 16.1. The summed E-state index contributed by atoms with van der Waals surface area (Å²) in [4.78, 5) is 25.6. The van der Waals surface area contributed by atoms with Crippen LogP contribution >= 0.6 is 0 Å². The SMILES string of the molecule is C=CC(=O)N1CCC(n2cc(C#Cc3ccc4oc(C(F)(F)F)nc4c3)c3c(N)ncnc32)C1. The average molecular weight is 466 g/mol. The first-order valence-corrected chi connectivity index (χ1v) is 10.3. The lowest BCUT2D eigenvalue weighted by molar-refractivity contribution is -0.156. The molecule has 0 aliphatic carbocycles. The van der Waals surface area contributed by atoms with E-state index in [1.165, 1.54) is 24.5 Å². The molecule has 11 heteroatoms. The first-order chi connectivity index (χ1) is 16.2. The number of hydrogen-bond acceptors (Lipinski definition) is 6. The average Bonchev–Trinajstić information content (AvgIpc) is 3.53. The standard InChI is InChI=1S/C23H17F3N6O2/c1-2-18(33)31-8-7-15(11-31)32-10-14(19-20(27)28-12-29-21(19)32)5-3-13-4-6-17-16(9-13)30-22(34-17)23(24,25)26/h2,4,6,9-10,12,15H,1,7-8,11H2,(H2,27,28,29). The van der Waals surface area contributed by atoms with Gasteiger partial charge < -0.3 is 19.6 Å². The molecule has 1 aliphatic rings. The monoisotopic (exact) mass is 466 g/mol. The first kappa shape index (κ1) is 21.5. The Labute approximate surface area is 190 Å². The Bertz CT molecular complexity index is 1510. The van der Waals surface area contributed by atoms with Gasteiger partial charge in [-0.2, -0.15) is 13.2 Å². The van der Waals surface area contributed by atoms with Gasteiger partial charge >= 0.3 is 12.1 Å². The fourth-order valence-electron chi connectivity index (χ4n) is 4.05. The Kier molecular flexibility index (Phi) is 5.01. The second kappa shape index (κ2) is 7.91. The Morgan fingerprint density at radius 3 is 2.88 bits per heavy atom. The van der Waals surface area contributed by atoms with Crippen LogP contribution < -0.4 is 5.73 Å². The predicted octanol–water partition coefficient (Wildman–Crippen LogP) is 3.53. The van der Waals surface area contributed by atoms with Gasteiger partial charge in [-0.25, -0.2) is 15.0 Å². The molecule has 3 aromatic heterocycles. The maximum atomic E-state index is 12.9. The molecule has 1 unspecified atom stereocenters. The van der Waals surface area contributed by atoms with E-state index in [4.69, 9.17) is 10.2 Å². The van der Waals surface area contributed by atoms with Crippen LogP contribution in [0.4, 0.5) is 19.0 Å². The highest BCUT2D eigenvalue weighted by atomic mass is 19.4. The number of carbonyl (C=O) groups is 1. The van der Waals surface area contributed by atoms with Crippen molar-refractivity contribution in [2.45, 2.75) is 18.6 Å². The smallest absolute Gasteiger partial charge is 0.433 e. The van der Waals surface area contributed by atoms with Gasteiger partial charge in [0.15, 0.2) is 5.58 Å². The Hall–Kier alpha value is -4.33. The quantitative estimate of drug-likeness (QED) is 0.358. The van der Waals surface area contributed by atoms with Crippen LogP contribution in [-0.4, -0.2) is 43.4 Å². The first-order valence-electron chi connectivity index (χ1n) is 10.3. The van der Waals surface area contributed by atoms with E-state index < -0.39 is 12.1 Å². The number of oxazole rings is 1. The van der Waals surface area contributed by atoms with E-state index >= 15 is 0 Å². The Balaban J connectivity index is 1.52. The number of nitrogen functional groups attached to an aromatic ring is 1. The second-order valence-corrected chi connectivity index (χ2v) is 7.79. The highest BCUT2D eigenvalue weighted by Gasteiger charge is 2.37. The number of nitrogens with two attached hydrogens (primary N) is 1. The third-order valence-corrected chi connectivity index (χ3v) is 5.65. The van der Waals surface area contributed by atoms with Crippen molar-refractivity contribution in [2.75, 3.05) is 18.8 Å². The molecule has 5 rings (SSSR count). The van der Waals surface area contributed by atoms with Gasteiger partial charge in [-0.3, -0.25) is 4.79 Å². The topological polar surface area (TPSA) is 103 Å². The molecule has 1 fully saturated rings. The van der Waals surface area contributed by atoms with E-state index in [0.29, 0.717) is 35.2 Å². The molecular formula is C23H17F3N6O2. The summed E-state index contributed by atoms with van der Waals surface area (Å²) in [6.07, 6.45) is 0.521. The van der Waals surface area contributed by atoms with Gasteiger partial charge in [0.1, 0.15) is 23.3 Å². The summed E-state index contributed by atoms with van der Waals surface area (Å²) < 4.78 is 45.3. The zero-order chi connectivity index (χ0) is 24.0. The van der Waals surface area contributed by atoms with Crippen LogP contribution in [0.5, 0.6) is 0 Å². The number of hydrogen-bond donors (Lipinski definition) is 1. The molecule has 0 radical (unpaired) electrons. The fraction of sp³-hybridized carbons (Fsp3) is 0.217. The van der Waals surface area contributed by atoms with Crippen LogP contribution in [0.15, 0.2) is 47.8 Å². The van der Waals surface area contributed by atoms with Gasteiger partial charge in [0.2, 0.25) is 5.91 Å². The molecule has 1 atom stereocenters. The lowest BCUT2D eigenvalue weighted by Gasteiger charge is -2.15. The molecular weight excluding hydrogens is 449 g/mol. The summed E-state index contributed by atoms with van der Waals surface area (Å²) in [5.41, 5.74) is 7.81. The molecule has 4 aromatic rings. The molecule has 1 aliphatic heterocycles. The van der Waals surface area contributed by atoms with Crippen LogP contribution in [-0.2, 0) is 11.0 Å². The summed E-state index contributed by atoms with van der Waals surface area (Å²) in [6.45, 7) is 4.62. The van der Waals surface area contributed by atoms with Crippen molar-refractivity contribution >= 4 is 33.9 Å². The number of rotatable bonds is 2. The summed E-state index contributed by atoms with van der Waals surface area (Å²) >= 11 is 0. The van der Waals surface area contributed by atoms with E-state index in [1.807, 2.05) is 10.8 Å².